The van der Waals surface area contributed by atoms with Crippen LogP contribution in [0.4, 0.5) is 5.69 Å². The molecule has 0 radical (unpaired) electrons. The van der Waals surface area contributed by atoms with E-state index in [0.29, 0.717) is 0 Å². The van der Waals surface area contributed by atoms with Crippen molar-refractivity contribution in [2.75, 3.05) is 18.5 Å². The number of carboxylic acids is 1. The van der Waals surface area contributed by atoms with Gasteiger partial charge in [-0.2, -0.15) is 0 Å². The second-order valence-corrected chi connectivity index (χ2v) is 4.87. The van der Waals surface area contributed by atoms with E-state index in [4.69, 9.17) is 9.84 Å². The Balaban J connectivity index is 1.98. The molecule has 4 nitrogen and oxygen atoms in total. The number of halogens is 1. The Morgan fingerprint density at radius 3 is 3.00 bits per heavy atom. The molecule has 0 amide bonds. The summed E-state index contributed by atoms with van der Waals surface area (Å²) in [5.41, 5.74) is 1.17. The minimum absolute atomic E-state index is 0.265. The van der Waals surface area contributed by atoms with Crippen LogP contribution in [0.1, 0.15) is 23.2 Å². The second kappa shape index (κ2) is 5.51. The highest BCUT2D eigenvalue weighted by Crippen LogP contribution is 2.24. The van der Waals surface area contributed by atoms with E-state index in [1.165, 1.54) is 0 Å². The molecule has 0 bridgehead atoms. The van der Waals surface area contributed by atoms with Crippen LogP contribution in [0.3, 0.4) is 0 Å². The molecule has 2 rings (SSSR count). The number of anilines is 1. The van der Waals surface area contributed by atoms with Gasteiger partial charge in [-0.05, 0) is 47.0 Å². The normalized spacial score (nSPS) is 19.2. The van der Waals surface area contributed by atoms with Crippen LogP contribution in [0.15, 0.2) is 22.7 Å². The topological polar surface area (TPSA) is 58.6 Å². The van der Waals surface area contributed by atoms with Gasteiger partial charge in [0, 0.05) is 23.3 Å². The molecule has 0 aliphatic carbocycles. The summed E-state index contributed by atoms with van der Waals surface area (Å²) in [5, 5.41) is 12.1. The van der Waals surface area contributed by atoms with Crippen molar-refractivity contribution in [1.29, 1.82) is 0 Å². The van der Waals surface area contributed by atoms with E-state index in [2.05, 4.69) is 21.2 Å². The van der Waals surface area contributed by atoms with Crippen molar-refractivity contribution in [2.45, 2.75) is 18.9 Å². The molecule has 2 N–H and O–H groups in total. The SMILES string of the molecule is O=C(O)c1ccc(NCC2CCCO2)c(Br)c1. The van der Waals surface area contributed by atoms with Gasteiger partial charge in [0.2, 0.25) is 0 Å². The number of hydrogen-bond acceptors (Lipinski definition) is 3. The number of hydrogen-bond donors (Lipinski definition) is 2. The zero-order valence-electron chi connectivity index (χ0n) is 9.28. The molecule has 0 aromatic heterocycles. The maximum absolute atomic E-state index is 10.8. The highest BCUT2D eigenvalue weighted by Gasteiger charge is 2.15. The molecule has 1 heterocycles. The predicted octanol–water partition coefficient (Wildman–Crippen LogP) is 2.74. The first-order chi connectivity index (χ1) is 8.16. The predicted molar refractivity (Wildman–Crippen MR) is 68.6 cm³/mol. The maximum Gasteiger partial charge on any atom is 0.335 e. The maximum atomic E-state index is 10.8. The average Bonchev–Trinajstić information content (AvgIpc) is 2.80. The Morgan fingerprint density at radius 1 is 1.59 bits per heavy atom. The van der Waals surface area contributed by atoms with Crippen LogP contribution in [0.5, 0.6) is 0 Å². The summed E-state index contributed by atoms with van der Waals surface area (Å²) in [7, 11) is 0. The Labute approximate surface area is 108 Å². The lowest BCUT2D eigenvalue weighted by Gasteiger charge is -2.13. The van der Waals surface area contributed by atoms with Crippen molar-refractivity contribution in [3.8, 4) is 0 Å². The minimum atomic E-state index is -0.920. The summed E-state index contributed by atoms with van der Waals surface area (Å²) in [6.45, 7) is 1.59. The lowest BCUT2D eigenvalue weighted by Crippen LogP contribution is -2.18. The first kappa shape index (κ1) is 12.4. The third-order valence-corrected chi connectivity index (χ3v) is 3.42. The number of nitrogens with one attached hydrogen (secondary N) is 1. The molecule has 1 aromatic carbocycles. The van der Waals surface area contributed by atoms with Crippen LogP contribution in [0.25, 0.3) is 0 Å². The van der Waals surface area contributed by atoms with E-state index >= 15 is 0 Å². The van der Waals surface area contributed by atoms with E-state index in [1.807, 2.05) is 0 Å². The third kappa shape index (κ3) is 3.20. The van der Waals surface area contributed by atoms with Crippen LogP contribution in [-0.2, 0) is 4.74 Å². The van der Waals surface area contributed by atoms with Crippen LogP contribution in [-0.4, -0.2) is 30.3 Å². The first-order valence-corrected chi connectivity index (χ1v) is 6.34. The second-order valence-electron chi connectivity index (χ2n) is 4.02. The molecule has 1 fully saturated rings. The van der Waals surface area contributed by atoms with Gasteiger partial charge in [0.25, 0.3) is 0 Å². The fraction of sp³-hybridized carbons (Fsp3) is 0.417. The number of rotatable bonds is 4. The van der Waals surface area contributed by atoms with Gasteiger partial charge in [-0.25, -0.2) is 4.79 Å². The summed E-state index contributed by atoms with van der Waals surface area (Å²) in [6.07, 6.45) is 2.46. The number of ether oxygens (including phenoxy) is 1. The monoisotopic (exact) mass is 299 g/mol. The molecule has 1 saturated heterocycles. The number of carbonyl (C=O) groups is 1. The molecular weight excluding hydrogens is 286 g/mol. The Morgan fingerprint density at radius 2 is 2.41 bits per heavy atom. The molecule has 5 heteroatoms. The smallest absolute Gasteiger partial charge is 0.335 e. The van der Waals surface area contributed by atoms with E-state index in [1.54, 1.807) is 18.2 Å². The summed E-state index contributed by atoms with van der Waals surface area (Å²) < 4.78 is 6.26. The zero-order valence-corrected chi connectivity index (χ0v) is 10.9. The van der Waals surface area contributed by atoms with Gasteiger partial charge in [0.15, 0.2) is 0 Å². The molecule has 1 aromatic rings. The van der Waals surface area contributed by atoms with E-state index in [9.17, 15) is 4.79 Å². The molecular formula is C12H14BrNO3. The Hall–Kier alpha value is -1.07. The molecule has 1 unspecified atom stereocenters. The molecule has 0 saturated carbocycles. The third-order valence-electron chi connectivity index (χ3n) is 2.76. The summed E-state index contributed by atoms with van der Waals surface area (Å²) in [6, 6.07) is 4.95. The van der Waals surface area contributed by atoms with Gasteiger partial charge in [0.1, 0.15) is 0 Å². The molecule has 92 valence electrons. The van der Waals surface area contributed by atoms with Crippen LogP contribution < -0.4 is 5.32 Å². The number of benzene rings is 1. The highest BCUT2D eigenvalue weighted by atomic mass is 79.9. The molecule has 0 spiro atoms. The van der Waals surface area contributed by atoms with E-state index in [0.717, 1.165) is 36.2 Å². The minimum Gasteiger partial charge on any atom is -0.478 e. The van der Waals surface area contributed by atoms with Gasteiger partial charge in [-0.15, -0.1) is 0 Å². The van der Waals surface area contributed by atoms with Crippen molar-refractivity contribution in [2.24, 2.45) is 0 Å². The van der Waals surface area contributed by atoms with Crippen LogP contribution in [0.2, 0.25) is 0 Å². The van der Waals surface area contributed by atoms with Crippen molar-refractivity contribution in [1.82, 2.24) is 0 Å². The largest absolute Gasteiger partial charge is 0.478 e. The fourth-order valence-electron chi connectivity index (χ4n) is 1.82. The zero-order chi connectivity index (χ0) is 12.3. The lowest BCUT2D eigenvalue weighted by atomic mass is 10.2. The summed E-state index contributed by atoms with van der Waals surface area (Å²) >= 11 is 3.36. The van der Waals surface area contributed by atoms with Gasteiger partial charge in [-0.1, -0.05) is 0 Å². The van der Waals surface area contributed by atoms with Crippen LogP contribution >= 0.6 is 15.9 Å². The molecule has 1 aliphatic rings. The van der Waals surface area contributed by atoms with Gasteiger partial charge in [0.05, 0.1) is 11.7 Å². The summed E-state index contributed by atoms with van der Waals surface area (Å²) in [4.78, 5) is 10.8. The molecule has 1 aliphatic heterocycles. The van der Waals surface area contributed by atoms with Gasteiger partial charge in [-0.3, -0.25) is 0 Å². The molecule has 17 heavy (non-hydrogen) atoms. The van der Waals surface area contributed by atoms with Crippen molar-refractivity contribution >= 4 is 27.6 Å². The lowest BCUT2D eigenvalue weighted by molar-refractivity contribution is 0.0697. The first-order valence-electron chi connectivity index (χ1n) is 5.55. The highest BCUT2D eigenvalue weighted by molar-refractivity contribution is 9.10. The van der Waals surface area contributed by atoms with E-state index in [-0.39, 0.29) is 11.7 Å². The van der Waals surface area contributed by atoms with Crippen LogP contribution in [0, 0.1) is 0 Å². The average molecular weight is 300 g/mol. The fourth-order valence-corrected chi connectivity index (χ4v) is 2.34. The Kier molecular flexibility index (Phi) is 4.02. The van der Waals surface area contributed by atoms with Crippen molar-refractivity contribution in [3.63, 3.8) is 0 Å². The Bertz CT molecular complexity index is 416. The van der Waals surface area contributed by atoms with Gasteiger partial charge < -0.3 is 15.2 Å². The number of carboxylic acid groups (broad SMARTS) is 1. The quantitative estimate of drug-likeness (QED) is 0.897. The number of aromatic carboxylic acids is 1. The van der Waals surface area contributed by atoms with Crippen molar-refractivity contribution < 1.29 is 14.6 Å². The summed E-state index contributed by atoms with van der Waals surface area (Å²) in [5.74, 6) is -0.920. The molecule has 1 atom stereocenters. The van der Waals surface area contributed by atoms with E-state index < -0.39 is 5.97 Å². The van der Waals surface area contributed by atoms with Gasteiger partial charge >= 0.3 is 5.97 Å². The standard InChI is InChI=1S/C12H14BrNO3/c13-10-6-8(12(15)16)3-4-11(10)14-7-9-2-1-5-17-9/h3-4,6,9,14H,1-2,5,7H2,(H,15,16). The van der Waals surface area contributed by atoms with Crippen molar-refractivity contribution in [3.05, 3.63) is 28.2 Å².